The van der Waals surface area contributed by atoms with Crippen LogP contribution in [0.5, 0.6) is 0 Å². The smallest absolute Gasteiger partial charge is 0.184 e. The molecule has 6 nitrogen and oxygen atoms in total. The molecule has 1 aliphatic rings. The van der Waals surface area contributed by atoms with Crippen molar-refractivity contribution in [3.63, 3.8) is 0 Å². The lowest BCUT2D eigenvalue weighted by molar-refractivity contribution is -0.914. The van der Waals surface area contributed by atoms with Crippen LogP contribution in [0, 0.1) is 20.8 Å². The normalized spacial score (nSPS) is 15.4. The number of benzene rings is 1. The average Bonchev–Trinajstić information content (AvgIpc) is 3.08. The van der Waals surface area contributed by atoms with Crippen LogP contribution in [-0.4, -0.2) is 45.8 Å². The third-order valence-corrected chi connectivity index (χ3v) is 6.20. The monoisotopic (exact) mass is 421 g/mol. The van der Waals surface area contributed by atoms with Crippen molar-refractivity contribution in [1.82, 2.24) is 19.6 Å². The molecule has 0 atom stereocenters. The molecule has 1 fully saturated rings. The topological polar surface area (TPSA) is 50.8 Å². The number of pyridine rings is 1. The molecule has 154 valence electrons. The molecule has 4 aromatic rings. The van der Waals surface area contributed by atoms with Crippen LogP contribution < -0.4 is 9.80 Å². The Labute approximate surface area is 181 Å². The highest BCUT2D eigenvalue weighted by Gasteiger charge is 2.24. The Morgan fingerprint density at radius 3 is 2.40 bits per heavy atom. The van der Waals surface area contributed by atoms with Gasteiger partial charge in [-0.3, -0.25) is 0 Å². The molecule has 1 saturated heterocycles. The van der Waals surface area contributed by atoms with E-state index in [1.165, 1.54) is 11.1 Å². The number of halogens is 1. The van der Waals surface area contributed by atoms with Crippen molar-refractivity contribution >= 4 is 34.1 Å². The number of anilines is 1. The van der Waals surface area contributed by atoms with Gasteiger partial charge in [-0.15, -0.1) is 5.10 Å². The number of nitrogens with zero attached hydrogens (tertiary/aromatic N) is 5. The summed E-state index contributed by atoms with van der Waals surface area (Å²) in [4.78, 5) is 13.5. The number of hydrogen-bond acceptors (Lipinski definition) is 4. The Balaban J connectivity index is 1.43. The van der Waals surface area contributed by atoms with Crippen LogP contribution in [0.2, 0.25) is 5.02 Å². The maximum Gasteiger partial charge on any atom is 0.184 e. The highest BCUT2D eigenvalue weighted by Crippen LogP contribution is 2.26. The third kappa shape index (κ3) is 3.50. The number of quaternary nitrogens is 1. The lowest BCUT2D eigenvalue weighted by atomic mass is 10.2. The number of piperazine rings is 1. The summed E-state index contributed by atoms with van der Waals surface area (Å²) in [5.41, 5.74) is 6.19. The molecule has 5 rings (SSSR count). The van der Waals surface area contributed by atoms with E-state index >= 15 is 0 Å². The van der Waals surface area contributed by atoms with Gasteiger partial charge in [0, 0.05) is 28.0 Å². The molecule has 1 aromatic carbocycles. The van der Waals surface area contributed by atoms with E-state index in [1.807, 2.05) is 23.6 Å². The first-order chi connectivity index (χ1) is 14.5. The Morgan fingerprint density at radius 2 is 1.67 bits per heavy atom. The molecule has 0 saturated carbocycles. The van der Waals surface area contributed by atoms with E-state index < -0.39 is 0 Å². The summed E-state index contributed by atoms with van der Waals surface area (Å²) in [6.45, 7) is 11.4. The molecule has 0 radical (unpaired) electrons. The number of nitrogens with one attached hydrogen (secondary N) is 1. The summed E-state index contributed by atoms with van der Waals surface area (Å²) < 4.78 is 1.99. The number of aromatic nitrogens is 4. The second-order valence-corrected chi connectivity index (χ2v) is 8.75. The molecule has 0 spiro atoms. The second kappa shape index (κ2) is 7.52. The van der Waals surface area contributed by atoms with Crippen molar-refractivity contribution in [3.8, 4) is 0 Å². The van der Waals surface area contributed by atoms with Crippen molar-refractivity contribution in [2.45, 2.75) is 27.3 Å². The zero-order valence-corrected chi connectivity index (χ0v) is 18.4. The maximum atomic E-state index is 6.02. The van der Waals surface area contributed by atoms with E-state index in [0.29, 0.717) is 0 Å². The summed E-state index contributed by atoms with van der Waals surface area (Å²) in [7, 11) is 0. The molecule has 30 heavy (non-hydrogen) atoms. The van der Waals surface area contributed by atoms with Crippen LogP contribution in [0.25, 0.3) is 16.7 Å². The fourth-order valence-electron chi connectivity index (χ4n) is 4.47. The zero-order chi connectivity index (χ0) is 20.8. The molecule has 0 aliphatic carbocycles. The van der Waals surface area contributed by atoms with Crippen LogP contribution in [0.4, 0.5) is 5.82 Å². The molecular weight excluding hydrogens is 396 g/mol. The minimum Gasteiger partial charge on any atom is -0.345 e. The Hall–Kier alpha value is -2.70. The SMILES string of the molecule is Cc1cc(C)c2c(n1)nn1c(N3CC[NH+](Cc4ccc(Cl)cc4)CC3)cc(C)nc21. The first-order valence-electron chi connectivity index (χ1n) is 10.5. The van der Waals surface area contributed by atoms with Crippen molar-refractivity contribution in [2.24, 2.45) is 0 Å². The first kappa shape index (κ1) is 19.3. The molecule has 0 unspecified atom stereocenters. The molecular formula is C23H26ClN6+. The van der Waals surface area contributed by atoms with Gasteiger partial charge in [0.2, 0.25) is 0 Å². The minimum atomic E-state index is 0.777. The van der Waals surface area contributed by atoms with Gasteiger partial charge in [0.05, 0.1) is 31.6 Å². The van der Waals surface area contributed by atoms with Gasteiger partial charge < -0.3 is 9.80 Å². The third-order valence-electron chi connectivity index (χ3n) is 5.94. The van der Waals surface area contributed by atoms with Gasteiger partial charge in [-0.1, -0.05) is 23.7 Å². The van der Waals surface area contributed by atoms with Crippen LogP contribution in [0.3, 0.4) is 0 Å². The van der Waals surface area contributed by atoms with Crippen molar-refractivity contribution < 1.29 is 4.90 Å². The van der Waals surface area contributed by atoms with Gasteiger partial charge in [-0.2, -0.15) is 4.52 Å². The second-order valence-electron chi connectivity index (χ2n) is 8.31. The molecule has 0 amide bonds. The summed E-state index contributed by atoms with van der Waals surface area (Å²) in [5, 5.41) is 6.68. The predicted molar refractivity (Wildman–Crippen MR) is 121 cm³/mol. The van der Waals surface area contributed by atoms with Gasteiger partial charge in [0.25, 0.3) is 0 Å². The number of aryl methyl sites for hydroxylation is 3. The number of fused-ring (bicyclic) bond motifs is 3. The zero-order valence-electron chi connectivity index (χ0n) is 17.6. The summed E-state index contributed by atoms with van der Waals surface area (Å²) in [6.07, 6.45) is 0. The molecule has 1 aliphatic heterocycles. The van der Waals surface area contributed by atoms with E-state index in [9.17, 15) is 0 Å². The summed E-state index contributed by atoms with van der Waals surface area (Å²) >= 11 is 6.02. The Morgan fingerprint density at radius 1 is 0.967 bits per heavy atom. The highest BCUT2D eigenvalue weighted by atomic mass is 35.5. The first-order valence-corrected chi connectivity index (χ1v) is 10.8. The Kier molecular flexibility index (Phi) is 4.83. The minimum absolute atomic E-state index is 0.777. The standard InChI is InChI=1S/C23H25ClN6/c1-15-12-16(2)25-22-21(15)23-26-17(3)13-20(30(23)27-22)29-10-8-28(9-11-29)14-18-4-6-19(24)7-5-18/h4-7,12-13H,8-11,14H2,1-3H3/p+1. The summed E-state index contributed by atoms with van der Waals surface area (Å²) in [6, 6.07) is 12.5. The quantitative estimate of drug-likeness (QED) is 0.552. The molecule has 1 N–H and O–H groups in total. The van der Waals surface area contributed by atoms with Gasteiger partial charge in [0.15, 0.2) is 11.3 Å². The van der Waals surface area contributed by atoms with Gasteiger partial charge in [-0.05, 0) is 44.5 Å². The number of hydrogen-bond donors (Lipinski definition) is 1. The molecule has 3 aromatic heterocycles. The Bertz CT molecular complexity index is 1220. The van der Waals surface area contributed by atoms with Gasteiger partial charge in [-0.25, -0.2) is 9.97 Å². The van der Waals surface area contributed by atoms with Gasteiger partial charge >= 0.3 is 0 Å². The van der Waals surface area contributed by atoms with Crippen molar-refractivity contribution in [2.75, 3.05) is 31.1 Å². The highest BCUT2D eigenvalue weighted by molar-refractivity contribution is 6.30. The lowest BCUT2D eigenvalue weighted by Gasteiger charge is -2.33. The fourth-order valence-corrected chi connectivity index (χ4v) is 4.60. The van der Waals surface area contributed by atoms with Crippen LogP contribution in [0.15, 0.2) is 36.4 Å². The van der Waals surface area contributed by atoms with Crippen LogP contribution >= 0.6 is 11.6 Å². The fraction of sp³-hybridized carbons (Fsp3) is 0.348. The van der Waals surface area contributed by atoms with Crippen molar-refractivity contribution in [1.29, 1.82) is 0 Å². The number of rotatable bonds is 3. The van der Waals surface area contributed by atoms with E-state index in [-0.39, 0.29) is 0 Å². The van der Waals surface area contributed by atoms with E-state index in [4.69, 9.17) is 21.7 Å². The van der Waals surface area contributed by atoms with E-state index in [0.717, 1.165) is 71.6 Å². The lowest BCUT2D eigenvalue weighted by Crippen LogP contribution is -3.13. The molecule has 4 heterocycles. The maximum absolute atomic E-state index is 6.02. The van der Waals surface area contributed by atoms with Crippen LogP contribution in [0.1, 0.15) is 22.5 Å². The van der Waals surface area contributed by atoms with Crippen LogP contribution in [-0.2, 0) is 6.54 Å². The van der Waals surface area contributed by atoms with E-state index in [1.54, 1.807) is 4.90 Å². The average molecular weight is 422 g/mol. The molecule has 7 heteroatoms. The van der Waals surface area contributed by atoms with Gasteiger partial charge in [0.1, 0.15) is 12.4 Å². The predicted octanol–water partition coefficient (Wildman–Crippen LogP) is 2.76. The van der Waals surface area contributed by atoms with E-state index in [2.05, 4.69) is 48.0 Å². The largest absolute Gasteiger partial charge is 0.345 e. The molecule has 0 bridgehead atoms. The van der Waals surface area contributed by atoms with Crippen molar-refractivity contribution in [3.05, 3.63) is 63.9 Å². The summed E-state index contributed by atoms with van der Waals surface area (Å²) in [5.74, 6) is 1.11.